The van der Waals surface area contributed by atoms with Gasteiger partial charge in [-0.05, 0) is 32.6 Å². The lowest BCUT2D eigenvalue weighted by molar-refractivity contribution is -0.130. The van der Waals surface area contributed by atoms with Gasteiger partial charge in [0.1, 0.15) is 17.2 Å². The summed E-state index contributed by atoms with van der Waals surface area (Å²) < 4.78 is 4.83. The monoisotopic (exact) mass is 418 g/mol. The number of benzene rings is 1. The predicted molar refractivity (Wildman–Crippen MR) is 115 cm³/mol. The van der Waals surface area contributed by atoms with Crippen LogP contribution in [0.2, 0.25) is 0 Å². The summed E-state index contributed by atoms with van der Waals surface area (Å²) in [4.78, 5) is 23.8. The van der Waals surface area contributed by atoms with Crippen molar-refractivity contribution in [2.45, 2.75) is 51.5 Å². The van der Waals surface area contributed by atoms with Crippen molar-refractivity contribution < 1.29 is 9.42 Å². The molecule has 1 aromatic carbocycles. The molecule has 0 radical (unpaired) electrons. The minimum Gasteiger partial charge on any atom is -0.364 e. The van der Waals surface area contributed by atoms with E-state index in [9.17, 15) is 4.79 Å². The van der Waals surface area contributed by atoms with Gasteiger partial charge in [0.05, 0.1) is 12.2 Å². The normalized spacial score (nSPS) is 17.0. The lowest BCUT2D eigenvalue weighted by Gasteiger charge is -2.39. The Labute approximate surface area is 181 Å². The minimum absolute atomic E-state index is 0.00947. The standard InChI is InChI=1S/C23H26N6O2/c1-15-19(28-31-27-15)14-24-22-18-8-9-23(10-12-29(13-11-23)16(2)30)20(18)25-21(26-22)17-6-4-3-5-7-17/h3-7H,8-14H2,1-2H3,(H,24,25,26). The molecule has 8 nitrogen and oxygen atoms in total. The fourth-order valence-electron chi connectivity index (χ4n) is 4.82. The number of rotatable bonds is 4. The summed E-state index contributed by atoms with van der Waals surface area (Å²) in [6, 6.07) is 10.1. The van der Waals surface area contributed by atoms with Crippen LogP contribution in [0.25, 0.3) is 11.4 Å². The first-order valence-electron chi connectivity index (χ1n) is 10.8. The second-order valence-corrected chi connectivity index (χ2v) is 8.53. The molecule has 1 spiro atoms. The van der Waals surface area contributed by atoms with Crippen molar-refractivity contribution in [2.75, 3.05) is 18.4 Å². The number of carbonyl (C=O) groups excluding carboxylic acids is 1. The van der Waals surface area contributed by atoms with Crippen LogP contribution >= 0.6 is 0 Å². The number of anilines is 1. The van der Waals surface area contributed by atoms with E-state index in [1.54, 1.807) is 6.92 Å². The van der Waals surface area contributed by atoms with E-state index in [0.29, 0.717) is 6.54 Å². The van der Waals surface area contributed by atoms with Crippen LogP contribution in [0.1, 0.15) is 48.8 Å². The number of piperidine rings is 1. The SMILES string of the molecule is CC(=O)N1CCC2(CCc3c(NCc4nonc4C)nc(-c4ccccc4)nc32)CC1. The zero-order valence-corrected chi connectivity index (χ0v) is 17.9. The third kappa shape index (κ3) is 3.56. The number of likely N-dealkylation sites (tertiary alicyclic amines) is 1. The van der Waals surface area contributed by atoms with E-state index < -0.39 is 0 Å². The quantitative estimate of drug-likeness (QED) is 0.694. The fourth-order valence-corrected chi connectivity index (χ4v) is 4.82. The van der Waals surface area contributed by atoms with Gasteiger partial charge in [0.15, 0.2) is 5.82 Å². The van der Waals surface area contributed by atoms with E-state index in [1.165, 1.54) is 5.56 Å². The molecule has 1 amide bonds. The molecule has 1 saturated heterocycles. The number of hydrogen-bond donors (Lipinski definition) is 1. The number of amides is 1. The van der Waals surface area contributed by atoms with Gasteiger partial charge in [-0.15, -0.1) is 0 Å². The summed E-state index contributed by atoms with van der Waals surface area (Å²) in [5.41, 5.74) is 4.88. The average molecular weight is 419 g/mol. The van der Waals surface area contributed by atoms with Crippen molar-refractivity contribution >= 4 is 11.7 Å². The lowest BCUT2D eigenvalue weighted by atomic mass is 9.76. The van der Waals surface area contributed by atoms with Gasteiger partial charge in [-0.2, -0.15) is 0 Å². The van der Waals surface area contributed by atoms with E-state index in [-0.39, 0.29) is 11.3 Å². The molecule has 160 valence electrons. The van der Waals surface area contributed by atoms with Gasteiger partial charge in [0.25, 0.3) is 0 Å². The number of nitrogens with zero attached hydrogens (tertiary/aromatic N) is 5. The maximum Gasteiger partial charge on any atom is 0.219 e. The minimum atomic E-state index is 0.00947. The molecule has 0 saturated carbocycles. The summed E-state index contributed by atoms with van der Waals surface area (Å²) >= 11 is 0. The Kier molecular flexibility index (Phi) is 4.92. The zero-order chi connectivity index (χ0) is 21.4. The highest BCUT2D eigenvalue weighted by Crippen LogP contribution is 2.47. The van der Waals surface area contributed by atoms with Gasteiger partial charge in [-0.25, -0.2) is 14.6 Å². The Morgan fingerprint density at radius 3 is 2.58 bits per heavy atom. The van der Waals surface area contributed by atoms with Crippen molar-refractivity contribution in [2.24, 2.45) is 0 Å². The van der Waals surface area contributed by atoms with Crippen molar-refractivity contribution in [3.05, 3.63) is 53.0 Å². The van der Waals surface area contributed by atoms with Crippen LogP contribution < -0.4 is 5.32 Å². The lowest BCUT2D eigenvalue weighted by Crippen LogP contribution is -2.43. The van der Waals surface area contributed by atoms with Crippen molar-refractivity contribution in [3.63, 3.8) is 0 Å². The van der Waals surface area contributed by atoms with E-state index in [1.807, 2.05) is 42.2 Å². The van der Waals surface area contributed by atoms with Crippen LogP contribution in [0.5, 0.6) is 0 Å². The number of fused-ring (bicyclic) bond motifs is 2. The summed E-state index contributed by atoms with van der Waals surface area (Å²) in [6.07, 6.45) is 3.86. The van der Waals surface area contributed by atoms with Crippen LogP contribution in [0.4, 0.5) is 5.82 Å². The second kappa shape index (κ2) is 7.76. The Morgan fingerprint density at radius 1 is 1.13 bits per heavy atom. The zero-order valence-electron chi connectivity index (χ0n) is 17.9. The molecule has 1 aliphatic heterocycles. The van der Waals surface area contributed by atoms with Gasteiger partial charge in [0.2, 0.25) is 5.91 Å². The third-order valence-corrected chi connectivity index (χ3v) is 6.73. The highest BCUT2D eigenvalue weighted by Gasteiger charge is 2.44. The molecule has 1 aliphatic carbocycles. The van der Waals surface area contributed by atoms with E-state index in [4.69, 9.17) is 14.6 Å². The number of carbonyl (C=O) groups is 1. The first-order valence-corrected chi connectivity index (χ1v) is 10.8. The van der Waals surface area contributed by atoms with Crippen LogP contribution in [0, 0.1) is 6.92 Å². The number of hydrogen-bond acceptors (Lipinski definition) is 7. The molecule has 31 heavy (non-hydrogen) atoms. The van der Waals surface area contributed by atoms with Crippen molar-refractivity contribution in [3.8, 4) is 11.4 Å². The first-order chi connectivity index (χ1) is 15.1. The second-order valence-electron chi connectivity index (χ2n) is 8.53. The van der Waals surface area contributed by atoms with Gasteiger partial charge in [-0.3, -0.25) is 4.79 Å². The summed E-state index contributed by atoms with van der Waals surface area (Å²) in [5.74, 6) is 1.74. The molecule has 2 aliphatic rings. The highest BCUT2D eigenvalue weighted by atomic mass is 16.6. The van der Waals surface area contributed by atoms with Crippen LogP contribution in [0.15, 0.2) is 35.0 Å². The summed E-state index contributed by atoms with van der Waals surface area (Å²) in [5, 5.41) is 11.3. The predicted octanol–water partition coefficient (Wildman–Crippen LogP) is 3.27. The largest absolute Gasteiger partial charge is 0.364 e. The molecule has 5 rings (SSSR count). The summed E-state index contributed by atoms with van der Waals surface area (Å²) in [7, 11) is 0. The maximum atomic E-state index is 11.8. The summed E-state index contributed by atoms with van der Waals surface area (Å²) in [6.45, 7) is 5.60. The smallest absolute Gasteiger partial charge is 0.219 e. The van der Waals surface area contributed by atoms with E-state index in [0.717, 1.165) is 73.1 Å². The van der Waals surface area contributed by atoms with Gasteiger partial charge >= 0.3 is 0 Å². The van der Waals surface area contributed by atoms with Crippen molar-refractivity contribution in [1.82, 2.24) is 25.2 Å². The number of nitrogens with one attached hydrogen (secondary N) is 1. The average Bonchev–Trinajstić information content (AvgIpc) is 3.36. The Hall–Kier alpha value is -3.29. The number of aromatic nitrogens is 4. The molecular formula is C23H26N6O2. The molecular weight excluding hydrogens is 392 g/mol. The molecule has 0 unspecified atom stereocenters. The molecule has 3 aromatic rings. The Bertz CT molecular complexity index is 1100. The molecule has 0 bridgehead atoms. The molecule has 0 atom stereocenters. The van der Waals surface area contributed by atoms with E-state index >= 15 is 0 Å². The van der Waals surface area contributed by atoms with Crippen LogP contribution in [-0.4, -0.2) is 44.2 Å². The van der Waals surface area contributed by atoms with Gasteiger partial charge in [0, 0.05) is 36.6 Å². The van der Waals surface area contributed by atoms with Crippen LogP contribution in [0.3, 0.4) is 0 Å². The van der Waals surface area contributed by atoms with Gasteiger partial charge in [-0.1, -0.05) is 40.6 Å². The molecule has 8 heteroatoms. The Balaban J connectivity index is 1.52. The van der Waals surface area contributed by atoms with E-state index in [2.05, 4.69) is 15.6 Å². The molecule has 3 heterocycles. The third-order valence-electron chi connectivity index (χ3n) is 6.73. The van der Waals surface area contributed by atoms with Gasteiger partial charge < -0.3 is 10.2 Å². The molecule has 1 N–H and O–H groups in total. The molecule has 1 fully saturated rings. The topological polar surface area (TPSA) is 97.0 Å². The van der Waals surface area contributed by atoms with Crippen molar-refractivity contribution in [1.29, 1.82) is 0 Å². The Morgan fingerprint density at radius 2 is 1.90 bits per heavy atom. The number of aryl methyl sites for hydroxylation is 1. The maximum absolute atomic E-state index is 11.8. The van der Waals surface area contributed by atoms with Crippen LogP contribution in [-0.2, 0) is 23.2 Å². The fraction of sp³-hybridized carbons (Fsp3) is 0.435. The molecule has 2 aromatic heterocycles. The first kappa shape index (κ1) is 19.7. The highest BCUT2D eigenvalue weighted by molar-refractivity contribution is 5.73.